The molecule has 1 fully saturated rings. The number of rotatable bonds is 4. The van der Waals surface area contributed by atoms with E-state index in [1.165, 1.54) is 10.5 Å². The molecule has 0 spiro atoms. The van der Waals surface area contributed by atoms with Gasteiger partial charge >= 0.3 is 0 Å². The van der Waals surface area contributed by atoms with Crippen LogP contribution in [0.4, 0.5) is 0 Å². The average Bonchev–Trinajstić information content (AvgIpc) is 2.58. The Morgan fingerprint density at radius 1 is 0.958 bits per heavy atom. The number of halogens is 2. The van der Waals surface area contributed by atoms with E-state index in [-0.39, 0.29) is 0 Å². The van der Waals surface area contributed by atoms with Crippen LogP contribution in [-0.2, 0) is 0 Å². The molecule has 128 valence electrons. The minimum Gasteiger partial charge on any atom is -0.304 e. The van der Waals surface area contributed by atoms with Crippen molar-refractivity contribution in [2.45, 2.75) is 22.8 Å². The number of hydrogen-bond donors (Lipinski definition) is 0. The summed E-state index contributed by atoms with van der Waals surface area (Å²) >= 11 is 14.3. The van der Waals surface area contributed by atoms with Crippen LogP contribution in [0.15, 0.2) is 52.3 Å². The Labute approximate surface area is 158 Å². The highest BCUT2D eigenvalue weighted by Crippen LogP contribution is 2.39. The summed E-state index contributed by atoms with van der Waals surface area (Å²) in [7, 11) is 2.18. The van der Waals surface area contributed by atoms with E-state index in [2.05, 4.69) is 42.0 Å². The van der Waals surface area contributed by atoms with Crippen LogP contribution < -0.4 is 0 Å². The first-order valence-electron chi connectivity index (χ1n) is 8.19. The van der Waals surface area contributed by atoms with Crippen LogP contribution in [0.2, 0.25) is 10.0 Å². The Morgan fingerprint density at radius 2 is 1.67 bits per heavy atom. The lowest BCUT2D eigenvalue weighted by Crippen LogP contribution is -2.45. The van der Waals surface area contributed by atoms with Gasteiger partial charge in [0, 0.05) is 47.0 Å². The Hall–Kier alpha value is -0.710. The molecule has 0 saturated carbocycles. The molecule has 5 heteroatoms. The second kappa shape index (κ2) is 8.11. The van der Waals surface area contributed by atoms with Crippen LogP contribution in [0.5, 0.6) is 0 Å². The minimum atomic E-state index is 0.336. The number of hydrogen-bond acceptors (Lipinski definition) is 3. The first kappa shape index (κ1) is 18.1. The molecule has 0 aliphatic carbocycles. The van der Waals surface area contributed by atoms with Crippen molar-refractivity contribution in [2.24, 2.45) is 0 Å². The van der Waals surface area contributed by atoms with Crippen molar-refractivity contribution in [3.05, 3.63) is 58.1 Å². The number of benzene rings is 2. The van der Waals surface area contributed by atoms with Gasteiger partial charge in [0.05, 0.1) is 5.02 Å². The smallest absolute Gasteiger partial charge is 0.0545 e. The van der Waals surface area contributed by atoms with Gasteiger partial charge in [-0.05, 0) is 49.9 Å². The largest absolute Gasteiger partial charge is 0.304 e. The highest BCUT2D eigenvalue weighted by Gasteiger charge is 2.23. The van der Waals surface area contributed by atoms with Crippen molar-refractivity contribution in [3.63, 3.8) is 0 Å². The second-order valence-corrected chi connectivity index (χ2v) is 8.16. The van der Waals surface area contributed by atoms with Crippen LogP contribution in [-0.4, -0.2) is 43.0 Å². The molecule has 0 amide bonds. The van der Waals surface area contributed by atoms with E-state index >= 15 is 0 Å². The van der Waals surface area contributed by atoms with Crippen molar-refractivity contribution in [2.75, 3.05) is 33.2 Å². The summed E-state index contributed by atoms with van der Waals surface area (Å²) in [6, 6.07) is 14.5. The molecule has 2 aromatic carbocycles. The standard InChI is InChI=1S/C19H22Cl2N2S/c1-14(23-11-9-22(2)10-12-23)16-13-15(20)7-8-18(16)24-19-6-4-3-5-17(19)21/h3-8,13-14H,9-12H2,1-2H3/t14-/m1/s1. The molecule has 1 saturated heterocycles. The van der Waals surface area contributed by atoms with E-state index in [4.69, 9.17) is 23.2 Å². The van der Waals surface area contributed by atoms with Gasteiger partial charge in [0.25, 0.3) is 0 Å². The molecule has 0 unspecified atom stereocenters. The molecule has 3 rings (SSSR count). The highest BCUT2D eigenvalue weighted by molar-refractivity contribution is 7.99. The van der Waals surface area contributed by atoms with Crippen LogP contribution >= 0.6 is 35.0 Å². The zero-order valence-electron chi connectivity index (χ0n) is 14.0. The molecule has 2 aromatic rings. The van der Waals surface area contributed by atoms with Crippen molar-refractivity contribution in [1.82, 2.24) is 9.80 Å². The van der Waals surface area contributed by atoms with Gasteiger partial charge in [-0.15, -0.1) is 0 Å². The molecule has 2 nitrogen and oxygen atoms in total. The summed E-state index contributed by atoms with van der Waals surface area (Å²) in [5.74, 6) is 0. The van der Waals surface area contributed by atoms with Gasteiger partial charge in [0.15, 0.2) is 0 Å². The molecule has 1 heterocycles. The lowest BCUT2D eigenvalue weighted by Gasteiger charge is -2.37. The van der Waals surface area contributed by atoms with Crippen molar-refractivity contribution >= 4 is 35.0 Å². The molecule has 1 aliphatic rings. The maximum atomic E-state index is 6.34. The van der Waals surface area contributed by atoms with Crippen molar-refractivity contribution in [1.29, 1.82) is 0 Å². The molecular weight excluding hydrogens is 359 g/mol. The van der Waals surface area contributed by atoms with Gasteiger partial charge in [-0.2, -0.15) is 0 Å². The fourth-order valence-electron chi connectivity index (χ4n) is 2.99. The summed E-state index contributed by atoms with van der Waals surface area (Å²) in [6.45, 7) is 6.66. The number of nitrogens with zero attached hydrogens (tertiary/aromatic N) is 2. The maximum absolute atomic E-state index is 6.34. The lowest BCUT2D eigenvalue weighted by atomic mass is 10.1. The van der Waals surface area contributed by atoms with Crippen LogP contribution in [0.1, 0.15) is 18.5 Å². The number of piperazine rings is 1. The van der Waals surface area contributed by atoms with Gasteiger partial charge in [-0.25, -0.2) is 0 Å². The van der Waals surface area contributed by atoms with Crippen molar-refractivity contribution < 1.29 is 0 Å². The summed E-state index contributed by atoms with van der Waals surface area (Å²) in [6.07, 6.45) is 0. The van der Waals surface area contributed by atoms with Gasteiger partial charge in [0.2, 0.25) is 0 Å². The summed E-state index contributed by atoms with van der Waals surface area (Å²) in [4.78, 5) is 7.20. The lowest BCUT2D eigenvalue weighted by molar-refractivity contribution is 0.118. The summed E-state index contributed by atoms with van der Waals surface area (Å²) < 4.78 is 0. The molecule has 1 atom stereocenters. The maximum Gasteiger partial charge on any atom is 0.0545 e. The summed E-state index contributed by atoms with van der Waals surface area (Å²) in [5.41, 5.74) is 1.27. The monoisotopic (exact) mass is 380 g/mol. The molecule has 0 radical (unpaired) electrons. The fraction of sp³-hybridized carbons (Fsp3) is 0.368. The zero-order chi connectivity index (χ0) is 17.1. The molecule has 24 heavy (non-hydrogen) atoms. The minimum absolute atomic E-state index is 0.336. The third kappa shape index (κ3) is 4.27. The average molecular weight is 381 g/mol. The fourth-order valence-corrected chi connectivity index (χ4v) is 4.46. The molecular formula is C19H22Cl2N2S. The highest BCUT2D eigenvalue weighted by atomic mass is 35.5. The molecule has 0 N–H and O–H groups in total. The quantitative estimate of drug-likeness (QED) is 0.695. The van der Waals surface area contributed by atoms with E-state index in [0.29, 0.717) is 6.04 Å². The van der Waals surface area contributed by atoms with Gasteiger partial charge < -0.3 is 4.90 Å². The topological polar surface area (TPSA) is 6.48 Å². The van der Waals surface area contributed by atoms with E-state index in [0.717, 1.165) is 41.1 Å². The predicted octanol–water partition coefficient (Wildman–Crippen LogP) is 5.45. The Balaban J connectivity index is 1.87. The van der Waals surface area contributed by atoms with Crippen LogP contribution in [0.3, 0.4) is 0 Å². The summed E-state index contributed by atoms with van der Waals surface area (Å²) in [5, 5.41) is 1.57. The van der Waals surface area contributed by atoms with E-state index in [9.17, 15) is 0 Å². The SMILES string of the molecule is C[C@H](c1cc(Cl)ccc1Sc1ccccc1Cl)N1CCN(C)CC1. The normalized spacial score (nSPS) is 17.8. The Kier molecular flexibility index (Phi) is 6.12. The Morgan fingerprint density at radius 3 is 2.38 bits per heavy atom. The van der Waals surface area contributed by atoms with E-state index < -0.39 is 0 Å². The molecule has 1 aliphatic heterocycles. The van der Waals surface area contributed by atoms with Crippen LogP contribution in [0.25, 0.3) is 0 Å². The predicted molar refractivity (Wildman–Crippen MR) is 105 cm³/mol. The van der Waals surface area contributed by atoms with Crippen molar-refractivity contribution in [3.8, 4) is 0 Å². The molecule has 0 bridgehead atoms. The van der Waals surface area contributed by atoms with E-state index in [1.54, 1.807) is 11.8 Å². The second-order valence-electron chi connectivity index (χ2n) is 6.23. The van der Waals surface area contributed by atoms with E-state index in [1.807, 2.05) is 24.3 Å². The Bertz CT molecular complexity index is 700. The number of likely N-dealkylation sites (N-methyl/N-ethyl adjacent to an activating group) is 1. The third-order valence-corrected chi connectivity index (χ3v) is 6.41. The van der Waals surface area contributed by atoms with Crippen LogP contribution in [0, 0.1) is 0 Å². The third-order valence-electron chi connectivity index (χ3n) is 4.56. The van der Waals surface area contributed by atoms with Gasteiger partial charge in [0.1, 0.15) is 0 Å². The van der Waals surface area contributed by atoms with Gasteiger partial charge in [-0.1, -0.05) is 47.1 Å². The first-order valence-corrected chi connectivity index (χ1v) is 9.76. The van der Waals surface area contributed by atoms with Gasteiger partial charge in [-0.3, -0.25) is 4.90 Å². The zero-order valence-corrected chi connectivity index (χ0v) is 16.3. The molecule has 0 aromatic heterocycles. The first-order chi connectivity index (χ1) is 11.5.